The zero-order chi connectivity index (χ0) is 18.4. The summed E-state index contributed by atoms with van der Waals surface area (Å²) in [5, 5.41) is 5.95. The molecule has 0 radical (unpaired) electrons. The van der Waals surface area contributed by atoms with E-state index in [0.717, 1.165) is 37.9 Å². The fourth-order valence-electron chi connectivity index (χ4n) is 3.17. The van der Waals surface area contributed by atoms with E-state index in [-0.39, 0.29) is 11.7 Å². The van der Waals surface area contributed by atoms with Crippen molar-refractivity contribution < 1.29 is 14.3 Å². The number of aromatic amines is 1. The molecule has 138 valence electrons. The van der Waals surface area contributed by atoms with Gasteiger partial charge in [-0.05, 0) is 51.4 Å². The van der Waals surface area contributed by atoms with Crippen molar-refractivity contribution in [3.8, 4) is 5.75 Å². The number of H-pyrrole nitrogens is 1. The van der Waals surface area contributed by atoms with Crippen molar-refractivity contribution in [3.05, 3.63) is 47.3 Å². The minimum absolute atomic E-state index is 0.0468. The normalized spacial score (nSPS) is 13.8. The number of nitrogens with one attached hydrogen (secondary N) is 3. The molecule has 26 heavy (non-hydrogen) atoms. The van der Waals surface area contributed by atoms with Gasteiger partial charge in [-0.25, -0.2) is 0 Å². The van der Waals surface area contributed by atoms with Crippen LogP contribution < -0.4 is 15.4 Å². The lowest BCUT2D eigenvalue weighted by Gasteiger charge is -2.09. The minimum atomic E-state index is -0.273. The van der Waals surface area contributed by atoms with Crippen LogP contribution in [0.5, 0.6) is 5.75 Å². The molecule has 2 aromatic rings. The van der Waals surface area contributed by atoms with Gasteiger partial charge in [0, 0.05) is 30.1 Å². The van der Waals surface area contributed by atoms with Gasteiger partial charge in [0.05, 0.1) is 17.7 Å². The van der Waals surface area contributed by atoms with Crippen molar-refractivity contribution in [2.24, 2.45) is 0 Å². The lowest BCUT2D eigenvalue weighted by Crippen LogP contribution is -2.15. The van der Waals surface area contributed by atoms with E-state index in [0.29, 0.717) is 35.6 Å². The van der Waals surface area contributed by atoms with Gasteiger partial charge in [-0.3, -0.25) is 9.59 Å². The van der Waals surface area contributed by atoms with E-state index in [1.807, 2.05) is 25.2 Å². The number of aryl methyl sites for hydroxylation is 1. The molecular formula is C20H25N3O3. The second-order valence-electron chi connectivity index (χ2n) is 6.47. The van der Waals surface area contributed by atoms with Crippen molar-refractivity contribution in [1.29, 1.82) is 0 Å². The fraction of sp³-hybridized carbons (Fsp3) is 0.400. The monoisotopic (exact) mass is 355 g/mol. The van der Waals surface area contributed by atoms with Crippen LogP contribution >= 0.6 is 0 Å². The molecule has 1 aromatic heterocycles. The van der Waals surface area contributed by atoms with Gasteiger partial charge in [0.25, 0.3) is 5.91 Å². The summed E-state index contributed by atoms with van der Waals surface area (Å²) in [4.78, 5) is 28.1. The third kappa shape index (κ3) is 4.32. The molecule has 0 saturated heterocycles. The minimum Gasteiger partial charge on any atom is -0.493 e. The number of rotatable bonds is 7. The molecular weight excluding hydrogens is 330 g/mol. The molecule has 6 heteroatoms. The first kappa shape index (κ1) is 18.2. The maximum atomic E-state index is 12.7. The summed E-state index contributed by atoms with van der Waals surface area (Å²) < 4.78 is 5.69. The zero-order valence-corrected chi connectivity index (χ0v) is 15.1. The SMILES string of the molecule is CNCCCOc1cccc(NC(=O)c2c[nH]c3c2C(=O)CCCC3)c1. The Hall–Kier alpha value is -2.60. The highest BCUT2D eigenvalue weighted by molar-refractivity contribution is 6.13. The van der Waals surface area contributed by atoms with Gasteiger partial charge in [-0.15, -0.1) is 0 Å². The molecule has 0 fully saturated rings. The van der Waals surface area contributed by atoms with E-state index in [2.05, 4.69) is 15.6 Å². The van der Waals surface area contributed by atoms with Crippen molar-refractivity contribution in [2.45, 2.75) is 32.1 Å². The van der Waals surface area contributed by atoms with E-state index in [4.69, 9.17) is 4.74 Å². The predicted octanol–water partition coefficient (Wildman–Crippen LogP) is 3.16. The topological polar surface area (TPSA) is 83.2 Å². The Bertz CT molecular complexity index is 782. The number of anilines is 1. The lowest BCUT2D eigenvalue weighted by molar-refractivity contribution is 0.0965. The number of hydrogen-bond donors (Lipinski definition) is 3. The number of aromatic nitrogens is 1. The van der Waals surface area contributed by atoms with Gasteiger partial charge in [0.15, 0.2) is 5.78 Å². The lowest BCUT2D eigenvalue weighted by atomic mass is 10.0. The number of amides is 1. The average Bonchev–Trinajstić information content (AvgIpc) is 2.98. The van der Waals surface area contributed by atoms with Crippen LogP contribution in [0.15, 0.2) is 30.5 Å². The number of hydrogen-bond acceptors (Lipinski definition) is 4. The molecule has 1 aliphatic carbocycles. The zero-order valence-electron chi connectivity index (χ0n) is 15.1. The van der Waals surface area contributed by atoms with Crippen LogP contribution in [0.3, 0.4) is 0 Å². The summed E-state index contributed by atoms with van der Waals surface area (Å²) in [6.45, 7) is 1.50. The molecule has 0 atom stereocenters. The number of carbonyl (C=O) groups is 2. The molecule has 6 nitrogen and oxygen atoms in total. The molecule has 0 saturated carbocycles. The fourth-order valence-corrected chi connectivity index (χ4v) is 3.17. The van der Waals surface area contributed by atoms with E-state index in [1.54, 1.807) is 12.3 Å². The Morgan fingerprint density at radius 1 is 1.27 bits per heavy atom. The van der Waals surface area contributed by atoms with Crippen LogP contribution in [0.25, 0.3) is 0 Å². The second-order valence-corrected chi connectivity index (χ2v) is 6.47. The first-order valence-electron chi connectivity index (χ1n) is 9.11. The third-order valence-corrected chi connectivity index (χ3v) is 4.50. The molecule has 0 unspecified atom stereocenters. The number of Topliss-reactive ketones (excluding diaryl/α,β-unsaturated/α-hetero) is 1. The molecule has 1 amide bonds. The maximum Gasteiger partial charge on any atom is 0.257 e. The number of ketones is 1. The van der Waals surface area contributed by atoms with Crippen LogP contribution in [-0.2, 0) is 6.42 Å². The van der Waals surface area contributed by atoms with Crippen molar-refractivity contribution in [3.63, 3.8) is 0 Å². The third-order valence-electron chi connectivity index (χ3n) is 4.50. The van der Waals surface area contributed by atoms with E-state index in [1.165, 1.54) is 0 Å². The smallest absolute Gasteiger partial charge is 0.257 e. The Morgan fingerprint density at radius 2 is 2.12 bits per heavy atom. The summed E-state index contributed by atoms with van der Waals surface area (Å²) in [5.41, 5.74) is 2.50. The van der Waals surface area contributed by atoms with E-state index < -0.39 is 0 Å². The van der Waals surface area contributed by atoms with Crippen LogP contribution in [-0.4, -0.2) is 36.9 Å². The van der Waals surface area contributed by atoms with E-state index >= 15 is 0 Å². The summed E-state index contributed by atoms with van der Waals surface area (Å²) in [6, 6.07) is 7.31. The maximum absolute atomic E-state index is 12.7. The molecule has 1 heterocycles. The number of benzene rings is 1. The second kappa shape index (κ2) is 8.67. The first-order valence-corrected chi connectivity index (χ1v) is 9.11. The highest BCUT2D eigenvalue weighted by atomic mass is 16.5. The standard InChI is InChI=1S/C20H25N3O3/c1-21-10-5-11-26-15-7-4-6-14(12-15)23-20(25)16-13-22-17-8-2-3-9-18(24)19(16)17/h4,6-7,12-13,21-22H,2-3,5,8-11H2,1H3,(H,23,25). The number of fused-ring (bicyclic) bond motifs is 1. The number of ether oxygens (including phenoxy) is 1. The molecule has 3 N–H and O–H groups in total. The molecule has 0 bridgehead atoms. The molecule has 0 aliphatic heterocycles. The summed E-state index contributed by atoms with van der Waals surface area (Å²) in [5.74, 6) is 0.485. The van der Waals surface area contributed by atoms with Gasteiger partial charge < -0.3 is 20.4 Å². The van der Waals surface area contributed by atoms with Gasteiger partial charge in [-0.1, -0.05) is 6.07 Å². The van der Waals surface area contributed by atoms with Gasteiger partial charge in [-0.2, -0.15) is 0 Å². The predicted molar refractivity (Wildman–Crippen MR) is 101 cm³/mol. The first-order chi connectivity index (χ1) is 12.7. The highest BCUT2D eigenvalue weighted by Gasteiger charge is 2.24. The Labute approximate surface area is 153 Å². The van der Waals surface area contributed by atoms with Crippen molar-refractivity contribution in [2.75, 3.05) is 25.5 Å². The molecule has 1 aliphatic rings. The summed E-state index contributed by atoms with van der Waals surface area (Å²) >= 11 is 0. The largest absolute Gasteiger partial charge is 0.493 e. The van der Waals surface area contributed by atoms with Gasteiger partial charge >= 0.3 is 0 Å². The van der Waals surface area contributed by atoms with Crippen LogP contribution in [0.4, 0.5) is 5.69 Å². The van der Waals surface area contributed by atoms with Crippen molar-refractivity contribution in [1.82, 2.24) is 10.3 Å². The van der Waals surface area contributed by atoms with Gasteiger partial charge in [0.2, 0.25) is 0 Å². The summed E-state index contributed by atoms with van der Waals surface area (Å²) in [6.07, 6.45) is 5.69. The van der Waals surface area contributed by atoms with E-state index in [9.17, 15) is 9.59 Å². The average molecular weight is 355 g/mol. The molecule has 3 rings (SSSR count). The molecule has 1 aromatic carbocycles. The van der Waals surface area contributed by atoms with Crippen LogP contribution in [0.2, 0.25) is 0 Å². The van der Waals surface area contributed by atoms with Crippen molar-refractivity contribution >= 4 is 17.4 Å². The Morgan fingerprint density at radius 3 is 2.96 bits per heavy atom. The van der Waals surface area contributed by atoms with Gasteiger partial charge in [0.1, 0.15) is 5.75 Å². The number of carbonyl (C=O) groups excluding carboxylic acids is 2. The Balaban J connectivity index is 1.69. The molecule has 0 spiro atoms. The Kier molecular flexibility index (Phi) is 6.07. The summed E-state index contributed by atoms with van der Waals surface area (Å²) in [7, 11) is 1.91. The van der Waals surface area contributed by atoms with Crippen LogP contribution in [0.1, 0.15) is 52.1 Å². The van der Waals surface area contributed by atoms with Crippen LogP contribution in [0, 0.1) is 0 Å². The quantitative estimate of drug-likeness (QED) is 0.526. The highest BCUT2D eigenvalue weighted by Crippen LogP contribution is 2.25.